The molecule has 1 N–H and O–H groups in total. The highest BCUT2D eigenvalue weighted by Crippen LogP contribution is 2.30. The van der Waals surface area contributed by atoms with Crippen LogP contribution in [0.2, 0.25) is 5.02 Å². The average molecular weight is 249 g/mol. The maximum absolute atomic E-state index is 6.13. The molecule has 3 heteroatoms. The minimum absolute atomic E-state index is 0.449. The molecule has 1 aromatic carbocycles. The van der Waals surface area contributed by atoms with E-state index in [2.05, 4.69) is 30.2 Å². The molecule has 0 radical (unpaired) electrons. The minimum Gasteiger partial charge on any atom is -0.373 e. The summed E-state index contributed by atoms with van der Waals surface area (Å²) in [5.74, 6) is 1.39. The van der Waals surface area contributed by atoms with E-state index in [1.54, 1.807) is 0 Å². The Balaban J connectivity index is 2.78. The second kappa shape index (κ2) is 4.53. The topological polar surface area (TPSA) is 24.9 Å². The Hall–Kier alpha value is -1.28. The zero-order valence-electron chi connectivity index (χ0n) is 10.6. The van der Waals surface area contributed by atoms with Crippen LogP contribution in [-0.2, 0) is 0 Å². The zero-order valence-corrected chi connectivity index (χ0v) is 11.4. The molecule has 0 aliphatic rings. The van der Waals surface area contributed by atoms with Crippen molar-refractivity contribution in [3.05, 3.63) is 34.3 Å². The molecule has 1 aromatic heterocycles. The zero-order chi connectivity index (χ0) is 12.6. The van der Waals surface area contributed by atoms with Crippen molar-refractivity contribution < 1.29 is 0 Å². The van der Waals surface area contributed by atoms with Gasteiger partial charge in [-0.2, -0.15) is 0 Å². The molecule has 0 saturated heterocycles. The Morgan fingerprint density at radius 2 is 2.00 bits per heavy atom. The van der Waals surface area contributed by atoms with Gasteiger partial charge in [-0.05, 0) is 36.1 Å². The standard InChI is InChI=1S/C14H17ClN2/c1-8(2)11-7-10-5-6-12(15)9(3)13(10)17-14(11)16-4/h5-8H,1-4H3,(H,16,17). The van der Waals surface area contributed by atoms with Gasteiger partial charge in [0.15, 0.2) is 0 Å². The van der Waals surface area contributed by atoms with Crippen molar-refractivity contribution in [2.45, 2.75) is 26.7 Å². The van der Waals surface area contributed by atoms with Gasteiger partial charge >= 0.3 is 0 Å². The molecular weight excluding hydrogens is 232 g/mol. The molecule has 1 heterocycles. The Morgan fingerprint density at radius 3 is 2.59 bits per heavy atom. The van der Waals surface area contributed by atoms with E-state index in [0.29, 0.717) is 5.92 Å². The van der Waals surface area contributed by atoms with Crippen LogP contribution in [0.5, 0.6) is 0 Å². The van der Waals surface area contributed by atoms with Gasteiger partial charge in [-0.15, -0.1) is 0 Å². The van der Waals surface area contributed by atoms with Gasteiger partial charge in [0.05, 0.1) is 5.52 Å². The summed E-state index contributed by atoms with van der Waals surface area (Å²) in [6.45, 7) is 6.35. The van der Waals surface area contributed by atoms with Gasteiger partial charge in [-0.25, -0.2) is 4.98 Å². The largest absolute Gasteiger partial charge is 0.373 e. The summed E-state index contributed by atoms with van der Waals surface area (Å²) in [5, 5.41) is 5.08. The van der Waals surface area contributed by atoms with Crippen molar-refractivity contribution in [3.8, 4) is 0 Å². The summed E-state index contributed by atoms with van der Waals surface area (Å²) in [7, 11) is 1.90. The van der Waals surface area contributed by atoms with E-state index in [4.69, 9.17) is 11.6 Å². The second-order valence-electron chi connectivity index (χ2n) is 4.58. The van der Waals surface area contributed by atoms with E-state index >= 15 is 0 Å². The van der Waals surface area contributed by atoms with E-state index in [1.165, 1.54) is 5.56 Å². The first-order valence-corrected chi connectivity index (χ1v) is 6.20. The van der Waals surface area contributed by atoms with Gasteiger partial charge in [0.1, 0.15) is 5.82 Å². The fraction of sp³-hybridized carbons (Fsp3) is 0.357. The van der Waals surface area contributed by atoms with Crippen LogP contribution >= 0.6 is 11.6 Å². The first-order valence-electron chi connectivity index (χ1n) is 5.82. The number of halogens is 1. The highest BCUT2D eigenvalue weighted by molar-refractivity contribution is 6.32. The molecule has 90 valence electrons. The van der Waals surface area contributed by atoms with Crippen LogP contribution in [0.4, 0.5) is 5.82 Å². The SMILES string of the molecule is CNc1nc2c(C)c(Cl)ccc2cc1C(C)C. The number of benzene rings is 1. The van der Waals surface area contributed by atoms with Crippen molar-refractivity contribution >= 4 is 28.3 Å². The quantitative estimate of drug-likeness (QED) is 0.854. The summed E-state index contributed by atoms with van der Waals surface area (Å²) < 4.78 is 0. The third-order valence-corrected chi connectivity index (χ3v) is 3.47. The Bertz CT molecular complexity index is 562. The van der Waals surface area contributed by atoms with Crippen LogP contribution in [0.15, 0.2) is 18.2 Å². The molecule has 2 nitrogen and oxygen atoms in total. The predicted octanol–water partition coefficient (Wildman–Crippen LogP) is 4.36. The monoisotopic (exact) mass is 248 g/mol. The number of nitrogens with one attached hydrogen (secondary N) is 1. The van der Waals surface area contributed by atoms with Gasteiger partial charge in [0.25, 0.3) is 0 Å². The van der Waals surface area contributed by atoms with Crippen LogP contribution < -0.4 is 5.32 Å². The van der Waals surface area contributed by atoms with E-state index in [-0.39, 0.29) is 0 Å². The first kappa shape index (κ1) is 12.2. The molecular formula is C14H17ClN2. The van der Waals surface area contributed by atoms with Gasteiger partial charge in [0, 0.05) is 17.5 Å². The number of hydrogen-bond acceptors (Lipinski definition) is 2. The molecule has 0 amide bonds. The lowest BCUT2D eigenvalue weighted by Crippen LogP contribution is -2.01. The average Bonchev–Trinajstić information content (AvgIpc) is 2.32. The van der Waals surface area contributed by atoms with E-state index in [0.717, 1.165) is 27.3 Å². The number of nitrogens with zero attached hydrogens (tertiary/aromatic N) is 1. The number of aryl methyl sites for hydroxylation is 1. The van der Waals surface area contributed by atoms with Crippen LogP contribution in [0, 0.1) is 6.92 Å². The van der Waals surface area contributed by atoms with Crippen molar-refractivity contribution in [3.63, 3.8) is 0 Å². The number of aromatic nitrogens is 1. The highest BCUT2D eigenvalue weighted by Gasteiger charge is 2.11. The number of anilines is 1. The van der Waals surface area contributed by atoms with Gasteiger partial charge in [-0.1, -0.05) is 31.5 Å². The van der Waals surface area contributed by atoms with Crippen LogP contribution in [0.25, 0.3) is 10.9 Å². The molecule has 0 fully saturated rings. The summed E-state index contributed by atoms with van der Waals surface area (Å²) in [4.78, 5) is 4.68. The lowest BCUT2D eigenvalue weighted by atomic mass is 10.0. The van der Waals surface area contributed by atoms with E-state index in [1.807, 2.05) is 26.1 Å². The molecule has 0 aliphatic heterocycles. The molecule has 17 heavy (non-hydrogen) atoms. The molecule has 0 spiro atoms. The predicted molar refractivity (Wildman–Crippen MR) is 75.1 cm³/mol. The molecule has 2 rings (SSSR count). The van der Waals surface area contributed by atoms with Crippen molar-refractivity contribution in [1.82, 2.24) is 4.98 Å². The summed E-state index contributed by atoms with van der Waals surface area (Å²) in [6.07, 6.45) is 0. The highest BCUT2D eigenvalue weighted by atomic mass is 35.5. The van der Waals surface area contributed by atoms with Crippen molar-refractivity contribution in [1.29, 1.82) is 0 Å². The maximum atomic E-state index is 6.13. The third-order valence-electron chi connectivity index (χ3n) is 3.06. The van der Waals surface area contributed by atoms with Crippen molar-refractivity contribution in [2.75, 3.05) is 12.4 Å². The van der Waals surface area contributed by atoms with Gasteiger partial charge in [-0.3, -0.25) is 0 Å². The van der Waals surface area contributed by atoms with Crippen molar-refractivity contribution in [2.24, 2.45) is 0 Å². The molecule has 0 atom stereocenters. The molecule has 0 bridgehead atoms. The smallest absolute Gasteiger partial charge is 0.129 e. The third kappa shape index (κ3) is 2.09. The summed E-state index contributed by atoms with van der Waals surface area (Å²) in [6, 6.07) is 6.16. The van der Waals surface area contributed by atoms with Gasteiger partial charge in [0.2, 0.25) is 0 Å². The van der Waals surface area contributed by atoms with Gasteiger partial charge < -0.3 is 5.32 Å². The lowest BCUT2D eigenvalue weighted by Gasteiger charge is -2.14. The maximum Gasteiger partial charge on any atom is 0.129 e. The molecule has 0 aliphatic carbocycles. The Kier molecular flexibility index (Phi) is 3.25. The van der Waals surface area contributed by atoms with Crippen LogP contribution in [0.3, 0.4) is 0 Å². The number of hydrogen-bond donors (Lipinski definition) is 1. The molecule has 0 saturated carbocycles. The second-order valence-corrected chi connectivity index (χ2v) is 4.98. The van der Waals surface area contributed by atoms with E-state index in [9.17, 15) is 0 Å². The fourth-order valence-electron chi connectivity index (χ4n) is 2.01. The Labute approximate surface area is 107 Å². The minimum atomic E-state index is 0.449. The number of rotatable bonds is 2. The fourth-order valence-corrected chi connectivity index (χ4v) is 2.17. The summed E-state index contributed by atoms with van der Waals surface area (Å²) in [5.41, 5.74) is 3.25. The number of fused-ring (bicyclic) bond motifs is 1. The van der Waals surface area contributed by atoms with E-state index < -0.39 is 0 Å². The molecule has 0 unspecified atom stereocenters. The summed E-state index contributed by atoms with van der Waals surface area (Å²) >= 11 is 6.13. The number of pyridine rings is 1. The van der Waals surface area contributed by atoms with Crippen LogP contribution in [0.1, 0.15) is 30.9 Å². The Morgan fingerprint density at radius 1 is 1.29 bits per heavy atom. The van der Waals surface area contributed by atoms with Crippen LogP contribution in [-0.4, -0.2) is 12.0 Å². The molecule has 2 aromatic rings. The first-order chi connectivity index (χ1) is 8.04. The lowest BCUT2D eigenvalue weighted by molar-refractivity contribution is 0.864. The normalized spacial score (nSPS) is 11.2.